The quantitative estimate of drug-likeness (QED) is 0.877. The van der Waals surface area contributed by atoms with Gasteiger partial charge < -0.3 is 14.7 Å². The van der Waals surface area contributed by atoms with E-state index in [1.807, 2.05) is 0 Å². The van der Waals surface area contributed by atoms with Crippen LogP contribution in [0.2, 0.25) is 5.02 Å². The molecule has 0 spiro atoms. The van der Waals surface area contributed by atoms with Crippen LogP contribution in [0.4, 0.5) is 0 Å². The van der Waals surface area contributed by atoms with E-state index in [9.17, 15) is 9.59 Å². The van der Waals surface area contributed by atoms with Gasteiger partial charge in [0.2, 0.25) is 0 Å². The van der Waals surface area contributed by atoms with E-state index in [2.05, 4.69) is 0 Å². The van der Waals surface area contributed by atoms with Crippen LogP contribution in [-0.2, 0) is 9.59 Å². The fourth-order valence-electron chi connectivity index (χ4n) is 2.02. The van der Waals surface area contributed by atoms with Crippen LogP contribution in [0.1, 0.15) is 27.2 Å². The summed E-state index contributed by atoms with van der Waals surface area (Å²) < 4.78 is 5.67. The molecule has 0 aliphatic carbocycles. The average molecular weight is 314 g/mol. The molecular formula is C15H20ClNO4. The zero-order chi connectivity index (χ0) is 16.2. The normalized spacial score (nSPS) is 12.6. The fraction of sp³-hybridized carbons (Fsp3) is 0.467. The predicted molar refractivity (Wildman–Crippen MR) is 80.6 cm³/mol. The molecule has 1 aromatic carbocycles. The Balaban J connectivity index is 2.87. The molecule has 0 bridgehead atoms. The van der Waals surface area contributed by atoms with Gasteiger partial charge >= 0.3 is 5.97 Å². The third-order valence-corrected chi connectivity index (χ3v) is 3.41. The first-order valence-electron chi connectivity index (χ1n) is 6.63. The molecule has 6 heteroatoms. The Kier molecular flexibility index (Phi) is 5.61. The molecule has 1 N–H and O–H groups in total. The lowest BCUT2D eigenvalue weighted by Crippen LogP contribution is -2.52. The van der Waals surface area contributed by atoms with E-state index in [1.54, 1.807) is 45.0 Å². The van der Waals surface area contributed by atoms with Crippen molar-refractivity contribution in [3.05, 3.63) is 29.3 Å². The van der Waals surface area contributed by atoms with Crippen molar-refractivity contribution in [2.75, 3.05) is 7.05 Å². The first kappa shape index (κ1) is 17.3. The van der Waals surface area contributed by atoms with E-state index in [0.717, 1.165) is 0 Å². The summed E-state index contributed by atoms with van der Waals surface area (Å²) in [6.07, 6.45) is 0.328. The van der Waals surface area contributed by atoms with E-state index in [0.29, 0.717) is 17.2 Å². The van der Waals surface area contributed by atoms with Gasteiger partial charge in [0.25, 0.3) is 5.91 Å². The second kappa shape index (κ2) is 6.80. The second-order valence-corrected chi connectivity index (χ2v) is 5.68. The zero-order valence-electron chi connectivity index (χ0n) is 12.6. The number of amides is 1. The Bertz CT molecular complexity index is 513. The van der Waals surface area contributed by atoms with Crippen molar-refractivity contribution in [3.63, 3.8) is 0 Å². The van der Waals surface area contributed by atoms with Crippen LogP contribution >= 0.6 is 11.6 Å². The number of hydrogen-bond donors (Lipinski definition) is 1. The number of ether oxygens (including phenoxy) is 1. The lowest BCUT2D eigenvalue weighted by molar-refractivity contribution is -0.155. The van der Waals surface area contributed by atoms with Gasteiger partial charge in [0.05, 0.1) is 0 Å². The number of aliphatic carboxylic acids is 1. The van der Waals surface area contributed by atoms with Crippen LogP contribution in [0.15, 0.2) is 24.3 Å². The number of likely N-dealkylation sites (N-methyl/N-ethyl adjacent to an activating group) is 1. The van der Waals surface area contributed by atoms with Gasteiger partial charge in [-0.15, -0.1) is 0 Å². The molecule has 0 fully saturated rings. The number of hydrogen-bond acceptors (Lipinski definition) is 3. The SMILES string of the molecule is CCC(C(=O)O)N(C)C(=O)C(C)(C)Oc1ccc(Cl)cc1. The highest BCUT2D eigenvalue weighted by Crippen LogP contribution is 2.23. The highest BCUT2D eigenvalue weighted by Gasteiger charge is 2.37. The molecule has 1 rings (SSSR count). The van der Waals surface area contributed by atoms with Crippen molar-refractivity contribution in [2.45, 2.75) is 38.8 Å². The highest BCUT2D eigenvalue weighted by molar-refractivity contribution is 6.30. The maximum Gasteiger partial charge on any atom is 0.326 e. The van der Waals surface area contributed by atoms with Gasteiger partial charge in [-0.2, -0.15) is 0 Å². The second-order valence-electron chi connectivity index (χ2n) is 5.24. The van der Waals surface area contributed by atoms with Gasteiger partial charge in [-0.05, 0) is 44.5 Å². The lowest BCUT2D eigenvalue weighted by Gasteiger charge is -2.32. The third-order valence-electron chi connectivity index (χ3n) is 3.16. The Morgan fingerprint density at radius 1 is 1.33 bits per heavy atom. The van der Waals surface area contributed by atoms with Crippen LogP contribution in [-0.4, -0.2) is 40.6 Å². The number of carbonyl (C=O) groups is 2. The van der Waals surface area contributed by atoms with Gasteiger partial charge in [0, 0.05) is 12.1 Å². The van der Waals surface area contributed by atoms with E-state index >= 15 is 0 Å². The van der Waals surface area contributed by atoms with Crippen LogP contribution < -0.4 is 4.74 Å². The smallest absolute Gasteiger partial charge is 0.326 e. The molecule has 0 aliphatic rings. The molecule has 0 radical (unpaired) electrons. The van der Waals surface area contributed by atoms with Crippen LogP contribution in [0, 0.1) is 0 Å². The molecule has 1 atom stereocenters. The summed E-state index contributed by atoms with van der Waals surface area (Å²) in [7, 11) is 1.47. The number of carboxylic acid groups (broad SMARTS) is 1. The van der Waals surface area contributed by atoms with Gasteiger partial charge in [-0.25, -0.2) is 4.79 Å². The molecule has 0 heterocycles. The largest absolute Gasteiger partial charge is 0.480 e. The molecule has 0 saturated heterocycles. The van der Waals surface area contributed by atoms with Crippen LogP contribution in [0.25, 0.3) is 0 Å². The Hall–Kier alpha value is -1.75. The minimum absolute atomic E-state index is 0.328. The lowest BCUT2D eigenvalue weighted by atomic mass is 10.1. The molecule has 1 amide bonds. The summed E-state index contributed by atoms with van der Waals surface area (Å²) in [6.45, 7) is 4.93. The number of nitrogens with zero attached hydrogens (tertiary/aromatic N) is 1. The Morgan fingerprint density at radius 3 is 2.29 bits per heavy atom. The summed E-state index contributed by atoms with van der Waals surface area (Å²) in [5.41, 5.74) is -1.18. The summed E-state index contributed by atoms with van der Waals surface area (Å²) in [5, 5.41) is 9.70. The monoisotopic (exact) mass is 313 g/mol. The molecular weight excluding hydrogens is 294 g/mol. The van der Waals surface area contributed by atoms with Gasteiger partial charge in [-0.1, -0.05) is 18.5 Å². The van der Waals surface area contributed by atoms with Gasteiger partial charge in [0.1, 0.15) is 11.8 Å². The standard InChI is InChI=1S/C15H20ClNO4/c1-5-12(13(18)19)17(4)14(20)15(2,3)21-11-8-6-10(16)7-9-11/h6-9,12H,5H2,1-4H3,(H,18,19). The van der Waals surface area contributed by atoms with Crippen molar-refractivity contribution in [3.8, 4) is 5.75 Å². The van der Waals surface area contributed by atoms with E-state index in [1.165, 1.54) is 11.9 Å². The van der Waals surface area contributed by atoms with Crippen molar-refractivity contribution in [1.29, 1.82) is 0 Å². The molecule has 0 aliphatic heterocycles. The molecule has 0 aromatic heterocycles. The summed E-state index contributed by atoms with van der Waals surface area (Å²) in [6, 6.07) is 5.77. The van der Waals surface area contributed by atoms with Crippen LogP contribution in [0.5, 0.6) is 5.75 Å². The van der Waals surface area contributed by atoms with Crippen molar-refractivity contribution in [1.82, 2.24) is 4.90 Å². The highest BCUT2D eigenvalue weighted by atomic mass is 35.5. The molecule has 5 nitrogen and oxygen atoms in total. The summed E-state index contributed by atoms with van der Waals surface area (Å²) >= 11 is 5.80. The molecule has 1 aromatic rings. The molecule has 116 valence electrons. The minimum atomic E-state index is -1.18. The third kappa shape index (κ3) is 4.36. The van der Waals surface area contributed by atoms with E-state index in [-0.39, 0.29) is 0 Å². The minimum Gasteiger partial charge on any atom is -0.480 e. The Labute approximate surface area is 129 Å². The predicted octanol–water partition coefficient (Wildman–Crippen LogP) is 2.82. The van der Waals surface area contributed by atoms with Crippen molar-refractivity contribution in [2.24, 2.45) is 0 Å². The van der Waals surface area contributed by atoms with Crippen LogP contribution in [0.3, 0.4) is 0 Å². The van der Waals surface area contributed by atoms with Crippen molar-refractivity contribution >= 4 is 23.5 Å². The number of benzene rings is 1. The number of rotatable bonds is 6. The number of halogens is 1. The molecule has 1 unspecified atom stereocenters. The zero-order valence-corrected chi connectivity index (χ0v) is 13.3. The first-order valence-corrected chi connectivity index (χ1v) is 7.01. The maximum atomic E-state index is 12.5. The maximum absolute atomic E-state index is 12.5. The van der Waals surface area contributed by atoms with Crippen molar-refractivity contribution < 1.29 is 19.4 Å². The average Bonchev–Trinajstić information content (AvgIpc) is 2.40. The molecule has 0 saturated carbocycles. The molecule has 21 heavy (non-hydrogen) atoms. The summed E-state index contributed by atoms with van der Waals surface area (Å²) in [5.74, 6) is -0.933. The Morgan fingerprint density at radius 2 is 1.86 bits per heavy atom. The van der Waals surface area contributed by atoms with E-state index < -0.39 is 23.5 Å². The first-order chi connectivity index (χ1) is 9.69. The van der Waals surface area contributed by atoms with E-state index in [4.69, 9.17) is 21.4 Å². The number of carbonyl (C=O) groups excluding carboxylic acids is 1. The topological polar surface area (TPSA) is 66.8 Å². The number of carboxylic acids is 1. The van der Waals surface area contributed by atoms with Gasteiger partial charge in [-0.3, -0.25) is 4.79 Å². The van der Waals surface area contributed by atoms with Gasteiger partial charge in [0.15, 0.2) is 5.60 Å². The summed E-state index contributed by atoms with van der Waals surface area (Å²) in [4.78, 5) is 24.8. The fourth-order valence-corrected chi connectivity index (χ4v) is 2.15.